The molecule has 16 aromatic rings. The average Bonchev–Trinajstić information content (AvgIpc) is 3.45. The molecule has 330 valence electrons. The van der Waals surface area contributed by atoms with Crippen molar-refractivity contribution in [2.45, 2.75) is 0 Å². The Hall–Kier alpha value is -9.36. The zero-order chi connectivity index (χ0) is 47.0. The predicted molar refractivity (Wildman–Crippen MR) is 311 cm³/mol. The lowest BCUT2D eigenvalue weighted by atomic mass is 9.80. The molecule has 0 fully saturated rings. The van der Waals surface area contributed by atoms with Gasteiger partial charge in [-0.05, 0) is 175 Å². The van der Waals surface area contributed by atoms with Crippen LogP contribution in [0.1, 0.15) is 0 Å². The van der Waals surface area contributed by atoms with Crippen molar-refractivity contribution in [1.29, 1.82) is 0 Å². The molecule has 0 bridgehead atoms. The van der Waals surface area contributed by atoms with Crippen molar-refractivity contribution in [3.05, 3.63) is 255 Å². The van der Waals surface area contributed by atoms with E-state index in [2.05, 4.69) is 255 Å². The molecule has 0 aliphatic heterocycles. The fourth-order valence-corrected chi connectivity index (χ4v) is 13.0. The van der Waals surface area contributed by atoms with Crippen molar-refractivity contribution in [2.24, 2.45) is 0 Å². The monoisotopic (exact) mass is 906 g/mol. The summed E-state index contributed by atoms with van der Waals surface area (Å²) >= 11 is 0. The lowest BCUT2D eigenvalue weighted by Crippen LogP contribution is -1.95. The van der Waals surface area contributed by atoms with Crippen LogP contribution in [-0.4, -0.2) is 0 Å². The second-order valence-electron chi connectivity index (χ2n) is 19.8. The highest BCUT2D eigenvalue weighted by atomic mass is 14.3. The molecule has 0 aromatic heterocycles. The first-order valence-corrected chi connectivity index (χ1v) is 25.2. The van der Waals surface area contributed by atoms with Crippen molar-refractivity contribution in [1.82, 2.24) is 0 Å². The van der Waals surface area contributed by atoms with Crippen LogP contribution in [0.4, 0.5) is 0 Å². The second kappa shape index (κ2) is 15.1. The summed E-state index contributed by atoms with van der Waals surface area (Å²) in [5.41, 5.74) is 12.6. The Balaban J connectivity index is 1.03. The quantitative estimate of drug-likeness (QED) is 0.151. The summed E-state index contributed by atoms with van der Waals surface area (Å²) < 4.78 is 0. The van der Waals surface area contributed by atoms with Gasteiger partial charge in [-0.15, -0.1) is 0 Å². The first-order valence-electron chi connectivity index (χ1n) is 25.2. The van der Waals surface area contributed by atoms with Crippen LogP contribution in [0.3, 0.4) is 0 Å². The van der Waals surface area contributed by atoms with E-state index >= 15 is 0 Å². The fourth-order valence-electron chi connectivity index (χ4n) is 13.0. The molecule has 0 amide bonds. The van der Waals surface area contributed by atoms with Gasteiger partial charge in [0.2, 0.25) is 0 Å². The van der Waals surface area contributed by atoms with Crippen LogP contribution in [0.2, 0.25) is 0 Å². The van der Waals surface area contributed by atoms with E-state index in [1.54, 1.807) is 0 Å². The van der Waals surface area contributed by atoms with Gasteiger partial charge in [0.05, 0.1) is 0 Å². The highest BCUT2D eigenvalue weighted by Gasteiger charge is 2.24. The first-order chi connectivity index (χ1) is 35.7. The van der Waals surface area contributed by atoms with Crippen LogP contribution >= 0.6 is 0 Å². The van der Waals surface area contributed by atoms with E-state index in [0.717, 1.165) is 0 Å². The lowest BCUT2D eigenvalue weighted by Gasteiger charge is -2.23. The lowest BCUT2D eigenvalue weighted by molar-refractivity contribution is 1.67. The molecule has 0 aliphatic rings. The Morgan fingerprint density at radius 2 is 0.361 bits per heavy atom. The molecule has 0 heteroatoms. The molecule has 0 radical (unpaired) electrons. The molecular weight excluding hydrogens is 865 g/mol. The molecule has 0 aliphatic carbocycles. The van der Waals surface area contributed by atoms with Gasteiger partial charge in [-0.25, -0.2) is 0 Å². The highest BCUT2D eigenvalue weighted by Crippen LogP contribution is 2.52. The number of rotatable bonds is 5. The minimum absolute atomic E-state index is 1.25. The smallest absolute Gasteiger partial charge is 0.00141 e. The van der Waals surface area contributed by atoms with Crippen LogP contribution in [0.5, 0.6) is 0 Å². The van der Waals surface area contributed by atoms with Crippen molar-refractivity contribution >= 4 is 108 Å². The van der Waals surface area contributed by atoms with E-state index in [4.69, 9.17) is 0 Å². The molecule has 72 heavy (non-hydrogen) atoms. The maximum Gasteiger partial charge on any atom is -0.00141 e. The summed E-state index contributed by atoms with van der Waals surface area (Å²) in [5.74, 6) is 0. The SMILES string of the molecule is c1ccc2c(-c3ccc4cc(-c5cc6ccc(-c7cccc8ccccc78)c7ccc8c(-c9cccc%10ccccc9%10)ccc5c8c67)c5ccc(-c6cccc7ccccc67)c6ccc3c4c65)cccc2c1. The maximum atomic E-state index is 2.50. The largest absolute Gasteiger partial charge is 0.0616 e. The van der Waals surface area contributed by atoms with E-state index < -0.39 is 0 Å². The summed E-state index contributed by atoms with van der Waals surface area (Å²) in [5, 5.41) is 25.5. The van der Waals surface area contributed by atoms with Gasteiger partial charge in [-0.2, -0.15) is 0 Å². The Morgan fingerprint density at radius 1 is 0.125 bits per heavy atom. The third-order valence-corrected chi connectivity index (χ3v) is 16.2. The Labute approximate surface area is 415 Å². The number of hydrogen-bond acceptors (Lipinski definition) is 0. The predicted octanol–water partition coefficient (Wildman–Crippen LogP) is 20.4. The van der Waals surface area contributed by atoms with E-state index in [1.165, 1.54) is 163 Å². The van der Waals surface area contributed by atoms with E-state index in [0.29, 0.717) is 0 Å². The zero-order valence-electron chi connectivity index (χ0n) is 39.2. The molecule has 0 saturated heterocycles. The minimum Gasteiger partial charge on any atom is -0.0616 e. The number of hydrogen-bond donors (Lipinski definition) is 0. The molecule has 0 spiro atoms. The van der Waals surface area contributed by atoms with Crippen molar-refractivity contribution in [3.8, 4) is 55.6 Å². The molecule has 0 N–H and O–H groups in total. The third kappa shape index (κ3) is 5.58. The fraction of sp³-hybridized carbons (Fsp3) is 0. The minimum atomic E-state index is 1.25. The zero-order valence-corrected chi connectivity index (χ0v) is 39.2. The van der Waals surface area contributed by atoms with E-state index in [1.807, 2.05) is 0 Å². The maximum absolute atomic E-state index is 2.50. The highest BCUT2D eigenvalue weighted by molar-refractivity contribution is 6.35. The van der Waals surface area contributed by atoms with Crippen LogP contribution in [-0.2, 0) is 0 Å². The molecule has 0 atom stereocenters. The van der Waals surface area contributed by atoms with Crippen molar-refractivity contribution in [3.63, 3.8) is 0 Å². The normalized spacial score (nSPS) is 12.2. The molecule has 16 aromatic carbocycles. The van der Waals surface area contributed by atoms with Gasteiger partial charge < -0.3 is 0 Å². The van der Waals surface area contributed by atoms with Crippen LogP contribution in [0.25, 0.3) is 163 Å². The average molecular weight is 907 g/mol. The molecular formula is C72H42. The van der Waals surface area contributed by atoms with Gasteiger partial charge in [-0.1, -0.05) is 243 Å². The van der Waals surface area contributed by atoms with E-state index in [-0.39, 0.29) is 0 Å². The van der Waals surface area contributed by atoms with E-state index in [9.17, 15) is 0 Å². The Kier molecular flexibility index (Phi) is 8.26. The molecule has 0 nitrogen and oxygen atoms in total. The van der Waals surface area contributed by atoms with Gasteiger partial charge in [0.25, 0.3) is 0 Å². The number of fused-ring (bicyclic) bond motifs is 4. The van der Waals surface area contributed by atoms with Crippen molar-refractivity contribution < 1.29 is 0 Å². The van der Waals surface area contributed by atoms with Crippen LogP contribution in [0.15, 0.2) is 255 Å². The van der Waals surface area contributed by atoms with Crippen molar-refractivity contribution in [2.75, 3.05) is 0 Å². The Bertz CT molecular complexity index is 4580. The molecule has 0 heterocycles. The second-order valence-corrected chi connectivity index (χ2v) is 19.8. The van der Waals surface area contributed by atoms with Crippen LogP contribution < -0.4 is 0 Å². The molecule has 0 saturated carbocycles. The van der Waals surface area contributed by atoms with Gasteiger partial charge in [0.1, 0.15) is 0 Å². The molecule has 16 rings (SSSR count). The summed E-state index contributed by atoms with van der Waals surface area (Å²) in [4.78, 5) is 0. The third-order valence-electron chi connectivity index (χ3n) is 16.2. The van der Waals surface area contributed by atoms with Gasteiger partial charge in [-0.3, -0.25) is 0 Å². The standard InChI is InChI=1S/C72H42/c1-5-21-49-43(13-1)17-9-25-53(49)57-31-29-47-41-67(65-35-33-59(63-39-37-61(57)69(47)71(63)65)55-27-11-19-45-15-3-7-23-51(45)55)68-42-48-30-32-58(54-26-10-18-44-14-2-6-22-50(44)54)62-38-40-64-60(34-36-66(68)72(64)70(48)62)56-28-12-20-46-16-4-8-24-52(46)56/h1-42H. The summed E-state index contributed by atoms with van der Waals surface area (Å²) in [6, 6.07) is 96.0. The van der Waals surface area contributed by atoms with Gasteiger partial charge in [0.15, 0.2) is 0 Å². The summed E-state index contributed by atoms with van der Waals surface area (Å²) in [6.07, 6.45) is 0. The summed E-state index contributed by atoms with van der Waals surface area (Å²) in [7, 11) is 0. The number of benzene rings is 16. The van der Waals surface area contributed by atoms with Crippen LogP contribution in [0, 0.1) is 0 Å². The molecule has 0 unspecified atom stereocenters. The summed E-state index contributed by atoms with van der Waals surface area (Å²) in [6.45, 7) is 0. The van der Waals surface area contributed by atoms with Gasteiger partial charge >= 0.3 is 0 Å². The topological polar surface area (TPSA) is 0 Å². The van der Waals surface area contributed by atoms with Gasteiger partial charge in [0, 0.05) is 0 Å². The first kappa shape index (κ1) is 39.5. The Morgan fingerprint density at radius 3 is 0.694 bits per heavy atom.